The maximum Gasteiger partial charge on any atom is 0.416 e. The van der Waals surface area contributed by atoms with Crippen LogP contribution in [0.25, 0.3) is 4.96 Å². The lowest BCUT2D eigenvalue weighted by Crippen LogP contribution is -2.06. The van der Waals surface area contributed by atoms with Gasteiger partial charge in [-0.2, -0.15) is 13.2 Å². The molecule has 3 rings (SSSR count). The number of alkyl halides is 3. The summed E-state index contributed by atoms with van der Waals surface area (Å²) in [6.45, 7) is 2.43. The number of hydrogen-bond acceptors (Lipinski definition) is 3. The van der Waals surface area contributed by atoms with E-state index in [1.807, 2.05) is 22.9 Å². The van der Waals surface area contributed by atoms with Gasteiger partial charge < -0.3 is 5.32 Å². The zero-order valence-corrected chi connectivity index (χ0v) is 11.9. The van der Waals surface area contributed by atoms with E-state index >= 15 is 0 Å². The van der Waals surface area contributed by atoms with E-state index < -0.39 is 11.7 Å². The van der Waals surface area contributed by atoms with Crippen LogP contribution in [-0.4, -0.2) is 9.38 Å². The summed E-state index contributed by atoms with van der Waals surface area (Å²) in [7, 11) is 0. The van der Waals surface area contributed by atoms with Crippen molar-refractivity contribution in [3.8, 4) is 0 Å². The SMILES string of the molecule is Cc1nc2sccn2c1CNc1ccc(C(F)(F)F)cc1. The van der Waals surface area contributed by atoms with Crippen LogP contribution in [0.5, 0.6) is 0 Å². The van der Waals surface area contributed by atoms with Gasteiger partial charge in [0.25, 0.3) is 0 Å². The minimum absolute atomic E-state index is 0.509. The molecule has 3 aromatic rings. The topological polar surface area (TPSA) is 29.3 Å². The first-order valence-electron chi connectivity index (χ1n) is 6.27. The third-order valence-corrected chi connectivity index (χ3v) is 3.99. The average molecular weight is 311 g/mol. The van der Waals surface area contributed by atoms with E-state index in [4.69, 9.17) is 0 Å². The second kappa shape index (κ2) is 5.07. The van der Waals surface area contributed by atoms with Crippen LogP contribution in [0.3, 0.4) is 0 Å². The van der Waals surface area contributed by atoms with Crippen LogP contribution in [-0.2, 0) is 12.7 Å². The van der Waals surface area contributed by atoms with Gasteiger partial charge in [-0.1, -0.05) is 0 Å². The summed E-state index contributed by atoms with van der Waals surface area (Å²) in [6, 6.07) is 5.02. The van der Waals surface area contributed by atoms with Crippen LogP contribution in [0.1, 0.15) is 17.0 Å². The zero-order valence-electron chi connectivity index (χ0n) is 11.1. The number of aryl methyl sites for hydroxylation is 1. The minimum Gasteiger partial charge on any atom is -0.379 e. The Morgan fingerprint density at radius 1 is 1.24 bits per heavy atom. The number of hydrogen-bond donors (Lipinski definition) is 1. The molecule has 0 spiro atoms. The Labute approximate surface area is 123 Å². The molecule has 0 bridgehead atoms. The molecule has 0 saturated carbocycles. The Bertz CT molecular complexity index is 756. The second-order valence-corrected chi connectivity index (χ2v) is 5.50. The number of rotatable bonds is 3. The molecule has 1 N–H and O–H groups in total. The molecule has 0 aliphatic carbocycles. The fourth-order valence-corrected chi connectivity index (χ4v) is 2.90. The van der Waals surface area contributed by atoms with Crippen molar-refractivity contribution in [3.63, 3.8) is 0 Å². The van der Waals surface area contributed by atoms with Crippen LogP contribution in [0, 0.1) is 6.92 Å². The molecule has 0 fully saturated rings. The van der Waals surface area contributed by atoms with Crippen molar-refractivity contribution in [2.45, 2.75) is 19.6 Å². The molecule has 110 valence electrons. The van der Waals surface area contributed by atoms with Gasteiger partial charge in [0.1, 0.15) is 0 Å². The number of benzene rings is 1. The molecule has 3 nitrogen and oxygen atoms in total. The van der Waals surface area contributed by atoms with E-state index in [1.165, 1.54) is 12.1 Å². The van der Waals surface area contributed by atoms with Gasteiger partial charge in [0.2, 0.25) is 0 Å². The van der Waals surface area contributed by atoms with E-state index in [1.54, 1.807) is 11.3 Å². The predicted molar refractivity (Wildman–Crippen MR) is 76.6 cm³/mol. The molecular formula is C14H12F3N3S. The lowest BCUT2D eigenvalue weighted by atomic mass is 10.2. The molecule has 0 saturated heterocycles. The first kappa shape index (κ1) is 13.9. The molecule has 2 heterocycles. The molecule has 7 heteroatoms. The summed E-state index contributed by atoms with van der Waals surface area (Å²) in [5.41, 5.74) is 1.92. The van der Waals surface area contributed by atoms with Crippen LogP contribution in [0.4, 0.5) is 18.9 Å². The smallest absolute Gasteiger partial charge is 0.379 e. The van der Waals surface area contributed by atoms with Gasteiger partial charge in [0.05, 0.1) is 23.5 Å². The molecule has 0 aliphatic heterocycles. The van der Waals surface area contributed by atoms with Crippen molar-refractivity contribution in [1.82, 2.24) is 9.38 Å². The standard InChI is InChI=1S/C14H12F3N3S/c1-9-12(20-6-7-21-13(20)19-9)8-18-11-4-2-10(3-5-11)14(15,16)17/h2-7,18H,8H2,1H3. The van der Waals surface area contributed by atoms with Gasteiger partial charge in [-0.15, -0.1) is 11.3 Å². The quantitative estimate of drug-likeness (QED) is 0.780. The maximum atomic E-state index is 12.5. The second-order valence-electron chi connectivity index (χ2n) is 4.63. The number of anilines is 1. The molecule has 2 aromatic heterocycles. The summed E-state index contributed by atoms with van der Waals surface area (Å²) in [5, 5.41) is 5.07. The molecule has 0 unspecified atom stereocenters. The molecule has 0 aliphatic rings. The molecule has 0 amide bonds. The van der Waals surface area contributed by atoms with Crippen molar-refractivity contribution >= 4 is 22.0 Å². The lowest BCUT2D eigenvalue weighted by Gasteiger charge is -2.09. The van der Waals surface area contributed by atoms with Gasteiger partial charge >= 0.3 is 6.18 Å². The Morgan fingerprint density at radius 2 is 1.95 bits per heavy atom. The molecular weight excluding hydrogens is 299 g/mol. The third kappa shape index (κ3) is 2.73. The Hall–Kier alpha value is -2.02. The Balaban J connectivity index is 1.76. The van der Waals surface area contributed by atoms with E-state index in [-0.39, 0.29) is 0 Å². The van der Waals surface area contributed by atoms with Gasteiger partial charge in [-0.05, 0) is 31.2 Å². The van der Waals surface area contributed by atoms with Crippen molar-refractivity contribution in [3.05, 3.63) is 52.8 Å². The van der Waals surface area contributed by atoms with Gasteiger partial charge in [-0.3, -0.25) is 4.40 Å². The number of fused-ring (bicyclic) bond motifs is 1. The molecule has 1 aromatic carbocycles. The number of thiazole rings is 1. The van der Waals surface area contributed by atoms with Crippen LogP contribution in [0.2, 0.25) is 0 Å². The first-order valence-corrected chi connectivity index (χ1v) is 7.15. The Morgan fingerprint density at radius 3 is 2.62 bits per heavy atom. The predicted octanol–water partition coefficient (Wildman–Crippen LogP) is 4.34. The van der Waals surface area contributed by atoms with Crippen molar-refractivity contribution in [1.29, 1.82) is 0 Å². The van der Waals surface area contributed by atoms with Crippen molar-refractivity contribution in [2.24, 2.45) is 0 Å². The van der Waals surface area contributed by atoms with Gasteiger partial charge in [0, 0.05) is 17.3 Å². The zero-order chi connectivity index (χ0) is 15.0. The maximum absolute atomic E-state index is 12.5. The monoisotopic (exact) mass is 311 g/mol. The summed E-state index contributed by atoms with van der Waals surface area (Å²) in [6.07, 6.45) is -2.37. The summed E-state index contributed by atoms with van der Waals surface area (Å²) >= 11 is 1.55. The fraction of sp³-hybridized carbons (Fsp3) is 0.214. The number of nitrogens with one attached hydrogen (secondary N) is 1. The van der Waals surface area contributed by atoms with Crippen molar-refractivity contribution < 1.29 is 13.2 Å². The summed E-state index contributed by atoms with van der Waals surface area (Å²) in [5.74, 6) is 0. The summed E-state index contributed by atoms with van der Waals surface area (Å²) in [4.78, 5) is 5.34. The number of nitrogens with zero attached hydrogens (tertiary/aromatic N) is 2. The van der Waals surface area contributed by atoms with E-state index in [0.717, 1.165) is 28.5 Å². The first-order chi connectivity index (χ1) is 9.95. The Kier molecular flexibility index (Phi) is 3.36. The lowest BCUT2D eigenvalue weighted by molar-refractivity contribution is -0.137. The fourth-order valence-electron chi connectivity index (χ4n) is 2.12. The molecule has 0 atom stereocenters. The van der Waals surface area contributed by atoms with Gasteiger partial charge in [0.15, 0.2) is 4.96 Å². The minimum atomic E-state index is -4.30. The largest absolute Gasteiger partial charge is 0.416 e. The molecule has 21 heavy (non-hydrogen) atoms. The highest BCUT2D eigenvalue weighted by Crippen LogP contribution is 2.30. The van der Waals surface area contributed by atoms with E-state index in [2.05, 4.69) is 10.3 Å². The number of imidazole rings is 1. The van der Waals surface area contributed by atoms with E-state index in [0.29, 0.717) is 12.2 Å². The molecule has 0 radical (unpaired) electrons. The third-order valence-electron chi connectivity index (χ3n) is 3.23. The number of aromatic nitrogens is 2. The van der Waals surface area contributed by atoms with Crippen LogP contribution < -0.4 is 5.32 Å². The normalized spacial score (nSPS) is 12.0. The van der Waals surface area contributed by atoms with Crippen molar-refractivity contribution in [2.75, 3.05) is 5.32 Å². The van der Waals surface area contributed by atoms with Gasteiger partial charge in [-0.25, -0.2) is 4.98 Å². The number of halogens is 3. The highest BCUT2D eigenvalue weighted by molar-refractivity contribution is 7.15. The van der Waals surface area contributed by atoms with Crippen LogP contribution in [0.15, 0.2) is 35.8 Å². The van der Waals surface area contributed by atoms with E-state index in [9.17, 15) is 13.2 Å². The van der Waals surface area contributed by atoms with Crippen LogP contribution >= 0.6 is 11.3 Å². The average Bonchev–Trinajstić information content (AvgIpc) is 2.97. The highest BCUT2D eigenvalue weighted by Gasteiger charge is 2.29. The highest BCUT2D eigenvalue weighted by atomic mass is 32.1. The summed E-state index contributed by atoms with van der Waals surface area (Å²) < 4.78 is 39.5.